The molecule has 1 unspecified atom stereocenters. The van der Waals surface area contributed by atoms with Gasteiger partial charge in [0, 0.05) is 13.5 Å². The first kappa shape index (κ1) is 16.1. The van der Waals surface area contributed by atoms with Gasteiger partial charge in [-0.1, -0.05) is 12.1 Å². The van der Waals surface area contributed by atoms with Gasteiger partial charge in [-0.3, -0.25) is 10.2 Å². The first-order valence-corrected chi connectivity index (χ1v) is 6.31. The van der Waals surface area contributed by atoms with E-state index >= 15 is 0 Å². The fourth-order valence-corrected chi connectivity index (χ4v) is 1.63. The number of carbonyl (C=O) groups excluding carboxylic acids is 2. The van der Waals surface area contributed by atoms with Gasteiger partial charge in [0.2, 0.25) is 6.10 Å². The molecule has 0 saturated heterocycles. The Morgan fingerprint density at radius 2 is 1.95 bits per heavy atom. The molecule has 0 saturated carbocycles. The SMILES string of the molecule is COCC(Oc1ccc(CCC(C)=O)cc1)C(=O)NN. The van der Waals surface area contributed by atoms with Crippen LogP contribution in [0.1, 0.15) is 18.9 Å². The topological polar surface area (TPSA) is 90.6 Å². The fraction of sp³-hybridized carbons (Fsp3) is 0.429. The predicted octanol–water partition coefficient (Wildman–Crippen LogP) is 0.592. The third-order valence-corrected chi connectivity index (χ3v) is 2.72. The smallest absolute Gasteiger partial charge is 0.277 e. The number of amides is 1. The van der Waals surface area contributed by atoms with Crippen LogP contribution in [0, 0.1) is 0 Å². The minimum Gasteiger partial charge on any atom is -0.478 e. The van der Waals surface area contributed by atoms with Gasteiger partial charge in [0.1, 0.15) is 11.5 Å². The first-order valence-electron chi connectivity index (χ1n) is 6.31. The van der Waals surface area contributed by atoms with E-state index in [1.54, 1.807) is 19.1 Å². The number of carbonyl (C=O) groups is 2. The summed E-state index contributed by atoms with van der Waals surface area (Å²) in [6, 6.07) is 7.23. The van der Waals surface area contributed by atoms with Gasteiger partial charge in [-0.15, -0.1) is 0 Å². The number of rotatable bonds is 8. The van der Waals surface area contributed by atoms with Crippen molar-refractivity contribution < 1.29 is 19.1 Å². The summed E-state index contributed by atoms with van der Waals surface area (Å²) in [5.74, 6) is 5.33. The van der Waals surface area contributed by atoms with Gasteiger partial charge in [0.15, 0.2) is 0 Å². The molecule has 0 fully saturated rings. The van der Waals surface area contributed by atoms with Gasteiger partial charge < -0.3 is 14.3 Å². The highest BCUT2D eigenvalue weighted by Gasteiger charge is 2.19. The van der Waals surface area contributed by atoms with Crippen LogP contribution in [0.5, 0.6) is 5.75 Å². The zero-order chi connectivity index (χ0) is 15.0. The summed E-state index contributed by atoms with van der Waals surface area (Å²) >= 11 is 0. The average molecular weight is 280 g/mol. The molecule has 110 valence electrons. The second-order valence-electron chi connectivity index (χ2n) is 4.42. The molecule has 0 heterocycles. The summed E-state index contributed by atoms with van der Waals surface area (Å²) in [6.07, 6.45) is 0.413. The summed E-state index contributed by atoms with van der Waals surface area (Å²) in [5, 5.41) is 0. The Bertz CT molecular complexity index is 445. The van der Waals surface area contributed by atoms with E-state index in [2.05, 4.69) is 0 Å². The molecule has 3 N–H and O–H groups in total. The Morgan fingerprint density at radius 3 is 2.45 bits per heavy atom. The molecule has 0 aliphatic carbocycles. The van der Waals surface area contributed by atoms with Crippen LogP contribution in [0.15, 0.2) is 24.3 Å². The lowest BCUT2D eigenvalue weighted by atomic mass is 10.1. The summed E-state index contributed by atoms with van der Waals surface area (Å²) in [7, 11) is 1.48. The molecule has 0 radical (unpaired) electrons. The molecule has 0 aliphatic rings. The highest BCUT2D eigenvalue weighted by molar-refractivity contribution is 5.80. The molecule has 0 aromatic heterocycles. The fourth-order valence-electron chi connectivity index (χ4n) is 1.63. The number of ether oxygens (including phenoxy) is 2. The Morgan fingerprint density at radius 1 is 1.30 bits per heavy atom. The Labute approximate surface area is 118 Å². The molecular weight excluding hydrogens is 260 g/mol. The molecular formula is C14H20N2O4. The lowest BCUT2D eigenvalue weighted by Crippen LogP contribution is -2.44. The van der Waals surface area contributed by atoms with Crippen LogP contribution in [0.25, 0.3) is 0 Å². The number of ketones is 1. The van der Waals surface area contributed by atoms with Gasteiger partial charge in [-0.25, -0.2) is 5.84 Å². The van der Waals surface area contributed by atoms with E-state index in [-0.39, 0.29) is 12.4 Å². The maximum absolute atomic E-state index is 11.5. The third-order valence-electron chi connectivity index (χ3n) is 2.72. The molecule has 0 spiro atoms. The number of nitrogens with one attached hydrogen (secondary N) is 1. The van der Waals surface area contributed by atoms with Crippen LogP contribution in [0.2, 0.25) is 0 Å². The van der Waals surface area contributed by atoms with E-state index in [1.165, 1.54) is 7.11 Å². The van der Waals surface area contributed by atoms with Gasteiger partial charge in [-0.2, -0.15) is 0 Å². The minimum atomic E-state index is -0.798. The number of hydrogen-bond donors (Lipinski definition) is 2. The van der Waals surface area contributed by atoms with Crippen molar-refractivity contribution in [3.63, 3.8) is 0 Å². The molecule has 0 aliphatic heterocycles. The average Bonchev–Trinajstić information content (AvgIpc) is 2.45. The molecule has 1 rings (SSSR count). The Balaban J connectivity index is 2.62. The molecule has 20 heavy (non-hydrogen) atoms. The second kappa shape index (κ2) is 8.29. The van der Waals surface area contributed by atoms with E-state index < -0.39 is 12.0 Å². The van der Waals surface area contributed by atoms with Crippen LogP contribution in [-0.2, 0) is 20.7 Å². The molecule has 1 aromatic carbocycles. The maximum Gasteiger partial charge on any atom is 0.277 e. The van der Waals surface area contributed by atoms with E-state index in [1.807, 2.05) is 17.6 Å². The summed E-state index contributed by atoms with van der Waals surface area (Å²) in [5.41, 5.74) is 3.07. The quantitative estimate of drug-likeness (QED) is 0.413. The molecule has 6 nitrogen and oxygen atoms in total. The van der Waals surface area contributed by atoms with Crippen molar-refractivity contribution in [1.82, 2.24) is 5.43 Å². The van der Waals surface area contributed by atoms with Crippen molar-refractivity contribution in [2.24, 2.45) is 5.84 Å². The number of hydrogen-bond acceptors (Lipinski definition) is 5. The van der Waals surface area contributed by atoms with Gasteiger partial charge in [0.25, 0.3) is 5.91 Å². The van der Waals surface area contributed by atoms with E-state index in [9.17, 15) is 9.59 Å². The van der Waals surface area contributed by atoms with Crippen molar-refractivity contribution >= 4 is 11.7 Å². The highest BCUT2D eigenvalue weighted by atomic mass is 16.5. The van der Waals surface area contributed by atoms with Crippen molar-refractivity contribution in [3.05, 3.63) is 29.8 Å². The van der Waals surface area contributed by atoms with Crippen molar-refractivity contribution in [3.8, 4) is 5.75 Å². The zero-order valence-electron chi connectivity index (χ0n) is 11.7. The zero-order valence-corrected chi connectivity index (χ0v) is 11.7. The molecule has 0 bridgehead atoms. The number of aryl methyl sites for hydroxylation is 1. The first-order chi connectivity index (χ1) is 9.56. The largest absolute Gasteiger partial charge is 0.478 e. The standard InChI is InChI=1S/C14H20N2O4/c1-10(17)3-4-11-5-7-12(8-6-11)20-13(9-19-2)14(18)16-15/h5-8,13H,3-4,9,15H2,1-2H3,(H,16,18). The number of methoxy groups -OCH3 is 1. The molecule has 6 heteroatoms. The normalized spacial score (nSPS) is 11.8. The second-order valence-corrected chi connectivity index (χ2v) is 4.42. The van der Waals surface area contributed by atoms with Crippen LogP contribution >= 0.6 is 0 Å². The lowest BCUT2D eigenvalue weighted by molar-refractivity contribution is -0.130. The lowest BCUT2D eigenvalue weighted by Gasteiger charge is -2.16. The minimum absolute atomic E-state index is 0.106. The van der Waals surface area contributed by atoms with Gasteiger partial charge in [-0.05, 0) is 31.0 Å². The number of nitrogens with two attached hydrogens (primary N) is 1. The molecule has 1 atom stereocenters. The van der Waals surface area contributed by atoms with Gasteiger partial charge in [0.05, 0.1) is 6.61 Å². The van der Waals surface area contributed by atoms with Crippen molar-refractivity contribution in [2.75, 3.05) is 13.7 Å². The number of hydrazine groups is 1. The maximum atomic E-state index is 11.5. The van der Waals surface area contributed by atoms with Crippen LogP contribution < -0.4 is 16.0 Å². The van der Waals surface area contributed by atoms with Gasteiger partial charge >= 0.3 is 0 Å². The monoisotopic (exact) mass is 280 g/mol. The number of Topliss-reactive ketones (excluding diaryl/α,β-unsaturated/α-hetero) is 1. The van der Waals surface area contributed by atoms with Crippen LogP contribution in [0.4, 0.5) is 0 Å². The molecule has 1 aromatic rings. The Kier molecular flexibility index (Phi) is 6.69. The summed E-state index contributed by atoms with van der Waals surface area (Å²) in [4.78, 5) is 22.4. The predicted molar refractivity (Wildman–Crippen MR) is 74.1 cm³/mol. The molecule has 1 amide bonds. The van der Waals surface area contributed by atoms with E-state index in [0.29, 0.717) is 18.6 Å². The number of benzene rings is 1. The summed E-state index contributed by atoms with van der Waals surface area (Å²) in [6.45, 7) is 1.67. The van der Waals surface area contributed by atoms with Crippen molar-refractivity contribution in [1.29, 1.82) is 0 Å². The van der Waals surface area contributed by atoms with Crippen LogP contribution in [-0.4, -0.2) is 31.5 Å². The van der Waals surface area contributed by atoms with Crippen molar-refractivity contribution in [2.45, 2.75) is 25.9 Å². The highest BCUT2D eigenvalue weighted by Crippen LogP contribution is 2.15. The summed E-state index contributed by atoms with van der Waals surface area (Å²) < 4.78 is 10.4. The Hall–Kier alpha value is -1.92. The van der Waals surface area contributed by atoms with Crippen LogP contribution in [0.3, 0.4) is 0 Å². The van der Waals surface area contributed by atoms with E-state index in [0.717, 1.165) is 5.56 Å². The third kappa shape index (κ3) is 5.38. The van der Waals surface area contributed by atoms with E-state index in [4.69, 9.17) is 15.3 Å².